The van der Waals surface area contributed by atoms with E-state index in [2.05, 4.69) is 33.4 Å². The van der Waals surface area contributed by atoms with E-state index < -0.39 is 23.5 Å². The molecule has 4 rings (SSSR count). The van der Waals surface area contributed by atoms with Crippen LogP contribution in [0.25, 0.3) is 0 Å². The maximum Gasteiger partial charge on any atom is 0.247 e. The Morgan fingerprint density at radius 1 is 0.933 bits per heavy atom. The molecular weight excluding hydrogens is 568 g/mol. The van der Waals surface area contributed by atoms with E-state index in [0.717, 1.165) is 36.0 Å². The highest BCUT2D eigenvalue weighted by atomic mass is 16.8. The smallest absolute Gasteiger partial charge is 0.247 e. The summed E-state index contributed by atoms with van der Waals surface area (Å²) in [6.45, 7) is 4.66. The molecule has 3 atom stereocenters. The van der Waals surface area contributed by atoms with Crippen LogP contribution < -0.4 is 16.3 Å². The average Bonchev–Trinajstić information content (AvgIpc) is 3.06. The molecular formula is C36H46N4O5. The lowest BCUT2D eigenvalue weighted by atomic mass is 9.64. The highest BCUT2D eigenvalue weighted by molar-refractivity contribution is 5.92. The van der Waals surface area contributed by atoms with E-state index in [4.69, 9.17) is 9.57 Å². The Bertz CT molecular complexity index is 1330. The zero-order chi connectivity index (χ0) is 31.9. The molecule has 9 heteroatoms. The van der Waals surface area contributed by atoms with Crippen molar-refractivity contribution in [1.29, 1.82) is 0 Å². The molecule has 1 saturated heterocycles. The first-order valence-corrected chi connectivity index (χ1v) is 16.0. The van der Waals surface area contributed by atoms with Gasteiger partial charge < -0.3 is 4.74 Å². The molecule has 9 nitrogen and oxygen atoms in total. The zero-order valence-electron chi connectivity index (χ0n) is 26.4. The van der Waals surface area contributed by atoms with E-state index in [1.165, 1.54) is 0 Å². The fourth-order valence-electron chi connectivity index (χ4n) is 6.15. The lowest BCUT2D eigenvalue weighted by Gasteiger charge is -2.40. The topological polar surface area (TPSA) is 119 Å². The van der Waals surface area contributed by atoms with E-state index >= 15 is 0 Å². The van der Waals surface area contributed by atoms with E-state index in [9.17, 15) is 14.4 Å². The molecule has 45 heavy (non-hydrogen) atoms. The molecule has 2 aromatic carbocycles. The molecule has 1 aliphatic heterocycles. The first-order valence-electron chi connectivity index (χ1n) is 16.0. The van der Waals surface area contributed by atoms with Crippen LogP contribution in [-0.2, 0) is 43.2 Å². The van der Waals surface area contributed by atoms with E-state index in [1.807, 2.05) is 62.4 Å². The van der Waals surface area contributed by atoms with E-state index in [0.29, 0.717) is 38.7 Å². The van der Waals surface area contributed by atoms with Crippen LogP contribution in [0.1, 0.15) is 69.1 Å². The molecule has 3 N–H and O–H groups in total. The monoisotopic (exact) mass is 614 g/mol. The molecule has 1 fully saturated rings. The van der Waals surface area contributed by atoms with E-state index in [1.54, 1.807) is 24.5 Å². The van der Waals surface area contributed by atoms with Crippen molar-refractivity contribution in [3.8, 4) is 0 Å². The van der Waals surface area contributed by atoms with Crippen molar-refractivity contribution in [2.45, 2.75) is 77.9 Å². The molecule has 3 aromatic rings. The number of benzene rings is 2. The number of carbonyl (C=O) groups is 3. The molecule has 0 radical (unpaired) electrons. The van der Waals surface area contributed by atoms with Gasteiger partial charge in [-0.1, -0.05) is 80.6 Å². The second-order valence-electron chi connectivity index (χ2n) is 12.3. The number of ether oxygens (including phenoxy) is 1. The molecule has 0 saturated carbocycles. The molecule has 0 bridgehead atoms. The third kappa shape index (κ3) is 10.5. The minimum absolute atomic E-state index is 0.0558. The second-order valence-corrected chi connectivity index (χ2v) is 12.3. The van der Waals surface area contributed by atoms with Crippen molar-refractivity contribution < 1.29 is 24.0 Å². The molecule has 0 aliphatic carbocycles. The van der Waals surface area contributed by atoms with Crippen molar-refractivity contribution in [3.63, 3.8) is 0 Å². The lowest BCUT2D eigenvalue weighted by molar-refractivity contribution is -0.204. The minimum atomic E-state index is -1.20. The summed E-state index contributed by atoms with van der Waals surface area (Å²) in [7, 11) is 0. The second kappa shape index (κ2) is 17.4. The van der Waals surface area contributed by atoms with Crippen molar-refractivity contribution in [3.05, 3.63) is 102 Å². The van der Waals surface area contributed by atoms with Gasteiger partial charge >= 0.3 is 0 Å². The molecule has 1 aliphatic rings. The van der Waals surface area contributed by atoms with Crippen molar-refractivity contribution in [1.82, 2.24) is 21.3 Å². The number of rotatable bonds is 15. The van der Waals surface area contributed by atoms with Crippen LogP contribution in [0, 0.1) is 17.3 Å². The van der Waals surface area contributed by atoms with Crippen LogP contribution in [0.15, 0.2) is 85.2 Å². The van der Waals surface area contributed by atoms with Gasteiger partial charge in [0.05, 0.1) is 17.8 Å². The minimum Gasteiger partial charge on any atom is -0.350 e. The zero-order valence-corrected chi connectivity index (χ0v) is 26.4. The van der Waals surface area contributed by atoms with Crippen LogP contribution in [0.2, 0.25) is 0 Å². The molecule has 1 aromatic heterocycles. The van der Waals surface area contributed by atoms with Crippen molar-refractivity contribution in [2.75, 3.05) is 6.61 Å². The summed E-state index contributed by atoms with van der Waals surface area (Å²) in [5.74, 6) is -1.85. The standard InChI is InChI=1S/C36H46N4O5/c1-27(2)24-36(25-29-15-7-4-8-16-29,35(43)39-38-32(41)23-30-18-12-21-37-26-30)31(19-11-17-28-13-5-3-6-14-28)34(42)40-45-33-20-9-10-22-44-33/h3-8,12-16,18,21,26-27,31,33H,9-11,17,19-20,22-25H2,1-2H3,(H,38,41)(H,39,43)(H,40,42)/t31-,33?,36?/m1/s1. The quantitative estimate of drug-likeness (QED) is 0.201. The summed E-state index contributed by atoms with van der Waals surface area (Å²) in [5, 5.41) is 0. The maximum atomic E-state index is 14.5. The summed E-state index contributed by atoms with van der Waals surface area (Å²) in [5.41, 5.74) is 9.61. The highest BCUT2D eigenvalue weighted by Gasteiger charge is 2.49. The van der Waals surface area contributed by atoms with Crippen LogP contribution >= 0.6 is 0 Å². The Balaban J connectivity index is 1.63. The predicted molar refractivity (Wildman–Crippen MR) is 172 cm³/mol. The van der Waals surface area contributed by atoms with Crippen molar-refractivity contribution >= 4 is 17.7 Å². The third-order valence-corrected chi connectivity index (χ3v) is 8.20. The Morgan fingerprint density at radius 2 is 1.64 bits per heavy atom. The Labute approximate surface area is 266 Å². The number of amides is 3. The predicted octanol–water partition coefficient (Wildman–Crippen LogP) is 5.26. The van der Waals surface area contributed by atoms with Crippen LogP contribution in [0.4, 0.5) is 0 Å². The highest BCUT2D eigenvalue weighted by Crippen LogP contribution is 2.42. The Kier molecular flexibility index (Phi) is 13.1. The Hall–Kier alpha value is -4.08. The first-order chi connectivity index (χ1) is 21.9. The fraction of sp³-hybridized carbons (Fsp3) is 0.444. The fourth-order valence-corrected chi connectivity index (χ4v) is 6.15. The van der Waals surface area contributed by atoms with Gasteiger partial charge in [0.15, 0.2) is 6.29 Å². The SMILES string of the molecule is CC(C)CC(Cc1ccccc1)(C(=O)NNC(=O)Cc1cccnc1)[C@H](CCCc1ccccc1)C(=O)NOC1CCCCO1. The molecule has 2 unspecified atom stereocenters. The number of aromatic nitrogens is 1. The van der Waals surface area contributed by atoms with Gasteiger partial charge in [0, 0.05) is 25.4 Å². The van der Waals surface area contributed by atoms with E-state index in [-0.39, 0.29) is 24.2 Å². The number of hydrogen-bond donors (Lipinski definition) is 3. The van der Waals surface area contributed by atoms with Gasteiger partial charge in [-0.15, -0.1) is 0 Å². The van der Waals surface area contributed by atoms with Gasteiger partial charge in [-0.2, -0.15) is 0 Å². The third-order valence-electron chi connectivity index (χ3n) is 8.20. The first kappa shape index (κ1) is 33.8. The summed E-state index contributed by atoms with van der Waals surface area (Å²) >= 11 is 0. The summed E-state index contributed by atoms with van der Waals surface area (Å²) in [6.07, 6.45) is 7.96. The van der Waals surface area contributed by atoms with Gasteiger partial charge in [-0.25, -0.2) is 10.3 Å². The van der Waals surface area contributed by atoms with Crippen LogP contribution in [0.5, 0.6) is 0 Å². The number of hydrazine groups is 1. The molecule has 2 heterocycles. The average molecular weight is 615 g/mol. The van der Waals surface area contributed by atoms with Gasteiger partial charge in [0.25, 0.3) is 0 Å². The number of carbonyl (C=O) groups excluding carboxylic acids is 3. The Morgan fingerprint density at radius 3 is 2.29 bits per heavy atom. The maximum absolute atomic E-state index is 14.5. The molecule has 0 spiro atoms. The van der Waals surface area contributed by atoms with Crippen molar-refractivity contribution in [2.24, 2.45) is 17.3 Å². The van der Waals surface area contributed by atoms with Crippen LogP contribution in [0.3, 0.4) is 0 Å². The number of hydrogen-bond acceptors (Lipinski definition) is 6. The largest absolute Gasteiger partial charge is 0.350 e. The number of nitrogens with one attached hydrogen (secondary N) is 3. The molecule has 240 valence electrons. The number of pyridine rings is 1. The summed E-state index contributed by atoms with van der Waals surface area (Å²) in [4.78, 5) is 51.3. The van der Waals surface area contributed by atoms with Gasteiger partial charge in [-0.05, 0) is 73.6 Å². The number of nitrogens with zero attached hydrogens (tertiary/aromatic N) is 1. The lowest BCUT2D eigenvalue weighted by Crippen LogP contribution is -2.57. The van der Waals surface area contributed by atoms with Crippen LogP contribution in [-0.4, -0.2) is 35.6 Å². The molecule has 3 amide bonds. The van der Waals surface area contributed by atoms with Gasteiger partial charge in [0.2, 0.25) is 17.7 Å². The summed E-state index contributed by atoms with van der Waals surface area (Å²) < 4.78 is 5.69. The van der Waals surface area contributed by atoms with Gasteiger partial charge in [-0.3, -0.25) is 30.2 Å². The normalized spacial score (nSPS) is 16.7. The number of hydroxylamine groups is 1. The summed E-state index contributed by atoms with van der Waals surface area (Å²) in [6, 6.07) is 23.4. The number of aryl methyl sites for hydroxylation is 1. The van der Waals surface area contributed by atoms with Gasteiger partial charge in [0.1, 0.15) is 0 Å².